The van der Waals surface area contributed by atoms with Crippen LogP contribution in [0.25, 0.3) is 11.1 Å². The summed E-state index contributed by atoms with van der Waals surface area (Å²) in [6.07, 6.45) is 2.02. The number of halogens is 3. The Morgan fingerprint density at radius 1 is 1.03 bits per heavy atom. The summed E-state index contributed by atoms with van der Waals surface area (Å²) < 4.78 is 49.7. The SMILES string of the molecule is C/C=C\CC.C=C.FC(F)(F)c1cc(SCc2nc3ccc(Oc4ccccc4)cc3o2)ccn1. The van der Waals surface area contributed by atoms with Gasteiger partial charge in [0.2, 0.25) is 5.89 Å². The second-order valence-corrected chi connectivity index (χ2v) is 7.84. The minimum absolute atomic E-state index is 0.296. The number of alkyl halides is 3. The highest BCUT2D eigenvalue weighted by Gasteiger charge is 2.32. The van der Waals surface area contributed by atoms with Gasteiger partial charge < -0.3 is 9.15 Å². The molecule has 0 fully saturated rings. The van der Waals surface area contributed by atoms with E-state index in [9.17, 15) is 13.2 Å². The Bertz CT molecular complexity index is 1210. The second kappa shape index (κ2) is 14.0. The van der Waals surface area contributed by atoms with Crippen molar-refractivity contribution in [3.8, 4) is 11.5 Å². The molecule has 0 N–H and O–H groups in total. The van der Waals surface area contributed by atoms with Crippen molar-refractivity contribution in [1.82, 2.24) is 9.97 Å². The Kier molecular flexibility index (Phi) is 11.1. The normalized spacial score (nSPS) is 10.9. The van der Waals surface area contributed by atoms with E-state index in [0.29, 0.717) is 39.1 Å². The summed E-state index contributed by atoms with van der Waals surface area (Å²) in [6, 6.07) is 17.2. The lowest BCUT2D eigenvalue weighted by molar-refractivity contribution is -0.141. The van der Waals surface area contributed by atoms with Crippen molar-refractivity contribution in [2.75, 3.05) is 0 Å². The molecule has 2 aromatic heterocycles. The van der Waals surface area contributed by atoms with Gasteiger partial charge in [-0.3, -0.25) is 4.98 Å². The number of thioether (sulfide) groups is 1. The lowest BCUT2D eigenvalue weighted by atomic mass is 10.3. The summed E-state index contributed by atoms with van der Waals surface area (Å²) >= 11 is 1.20. The fourth-order valence-electron chi connectivity index (χ4n) is 2.74. The van der Waals surface area contributed by atoms with E-state index in [0.717, 1.165) is 18.7 Å². The maximum absolute atomic E-state index is 12.8. The summed E-state index contributed by atoms with van der Waals surface area (Å²) in [7, 11) is 0. The minimum atomic E-state index is -4.47. The quantitative estimate of drug-likeness (QED) is 0.195. The third-order valence-corrected chi connectivity index (χ3v) is 5.22. The van der Waals surface area contributed by atoms with Crippen LogP contribution in [-0.4, -0.2) is 9.97 Å². The van der Waals surface area contributed by atoms with Crippen LogP contribution in [0.3, 0.4) is 0 Å². The lowest BCUT2D eigenvalue weighted by Gasteiger charge is -2.06. The van der Waals surface area contributed by atoms with Crippen LogP contribution in [0.2, 0.25) is 0 Å². The molecule has 0 aliphatic carbocycles. The molecule has 2 aromatic carbocycles. The number of allylic oxidation sites excluding steroid dienone is 2. The topological polar surface area (TPSA) is 48.2 Å². The van der Waals surface area contributed by atoms with Crippen molar-refractivity contribution in [2.45, 2.75) is 37.1 Å². The molecule has 0 amide bonds. The maximum Gasteiger partial charge on any atom is 0.433 e. The number of ether oxygens (including phenoxy) is 1. The molecule has 4 rings (SSSR count). The number of oxazole rings is 1. The number of hydrogen-bond acceptors (Lipinski definition) is 5. The summed E-state index contributed by atoms with van der Waals surface area (Å²) in [5.74, 6) is 2.03. The third-order valence-electron chi connectivity index (χ3n) is 4.24. The molecule has 184 valence electrons. The zero-order valence-electron chi connectivity index (χ0n) is 19.6. The van der Waals surface area contributed by atoms with Gasteiger partial charge in [0.25, 0.3) is 0 Å². The number of benzene rings is 2. The first kappa shape index (κ1) is 27.7. The van der Waals surface area contributed by atoms with Crippen LogP contribution >= 0.6 is 11.8 Å². The monoisotopic (exact) mass is 500 g/mol. The standard InChI is InChI=1S/C20H13F3N2O2S.C5H10.C2H4/c21-20(22,23)18-11-15(8-9-24-18)28-12-19-25-16-7-6-14(10-17(16)27-19)26-13-4-2-1-3-5-13;1-3-5-4-2;1-2/h1-11H,12H2;3,5H,4H2,1-2H3;1-2H2/b;5-3-;. The first-order valence-corrected chi connectivity index (χ1v) is 11.8. The molecule has 0 atom stereocenters. The van der Waals surface area contributed by atoms with E-state index in [4.69, 9.17) is 9.15 Å². The number of pyridine rings is 1. The number of aromatic nitrogens is 2. The molecule has 0 saturated heterocycles. The molecule has 4 aromatic rings. The smallest absolute Gasteiger partial charge is 0.433 e. The number of para-hydroxylation sites is 1. The van der Waals surface area contributed by atoms with Gasteiger partial charge in [0.05, 0.1) is 5.75 Å². The predicted octanol–water partition coefficient (Wildman–Crippen LogP) is 9.10. The van der Waals surface area contributed by atoms with Gasteiger partial charge in [-0.2, -0.15) is 13.2 Å². The molecule has 0 radical (unpaired) electrons. The Morgan fingerprint density at radius 2 is 1.77 bits per heavy atom. The Hall–Kier alpha value is -3.52. The van der Waals surface area contributed by atoms with Gasteiger partial charge in [-0.25, -0.2) is 4.98 Å². The fourth-order valence-corrected chi connectivity index (χ4v) is 3.50. The van der Waals surface area contributed by atoms with E-state index in [1.165, 1.54) is 17.8 Å². The van der Waals surface area contributed by atoms with Gasteiger partial charge >= 0.3 is 6.18 Å². The molecule has 8 heteroatoms. The molecule has 0 saturated carbocycles. The fraction of sp³-hybridized carbons (Fsp3) is 0.185. The van der Waals surface area contributed by atoms with Crippen LogP contribution in [0.15, 0.2) is 101 Å². The molecule has 0 bridgehead atoms. The van der Waals surface area contributed by atoms with E-state index in [1.807, 2.05) is 37.3 Å². The van der Waals surface area contributed by atoms with Gasteiger partial charge in [0.15, 0.2) is 5.58 Å². The van der Waals surface area contributed by atoms with E-state index >= 15 is 0 Å². The highest BCUT2D eigenvalue weighted by atomic mass is 32.2. The molecule has 0 aliphatic rings. The Morgan fingerprint density at radius 3 is 2.40 bits per heavy atom. The summed E-state index contributed by atoms with van der Waals surface area (Å²) in [5.41, 5.74) is 0.286. The molecule has 4 nitrogen and oxygen atoms in total. The zero-order valence-corrected chi connectivity index (χ0v) is 20.4. The molecular weight excluding hydrogens is 473 g/mol. The van der Waals surface area contributed by atoms with Crippen molar-refractivity contribution < 1.29 is 22.3 Å². The molecule has 0 spiro atoms. The number of hydrogen-bond donors (Lipinski definition) is 0. The molecule has 0 unspecified atom stereocenters. The van der Waals surface area contributed by atoms with Crippen molar-refractivity contribution in [1.29, 1.82) is 0 Å². The summed E-state index contributed by atoms with van der Waals surface area (Å²) in [4.78, 5) is 8.16. The lowest BCUT2D eigenvalue weighted by Crippen LogP contribution is -2.07. The van der Waals surface area contributed by atoms with E-state index in [2.05, 4.69) is 42.2 Å². The first-order chi connectivity index (χ1) is 16.9. The van der Waals surface area contributed by atoms with Crippen LogP contribution in [0.1, 0.15) is 31.9 Å². The molecule has 2 heterocycles. The average Bonchev–Trinajstić information content (AvgIpc) is 3.27. The van der Waals surface area contributed by atoms with Crippen LogP contribution in [-0.2, 0) is 11.9 Å². The summed E-state index contributed by atoms with van der Waals surface area (Å²) in [6.45, 7) is 10.2. The van der Waals surface area contributed by atoms with Crippen molar-refractivity contribution in [3.63, 3.8) is 0 Å². The van der Waals surface area contributed by atoms with E-state index in [-0.39, 0.29) is 0 Å². The van der Waals surface area contributed by atoms with Crippen molar-refractivity contribution in [3.05, 3.63) is 104 Å². The van der Waals surface area contributed by atoms with Crippen LogP contribution in [0, 0.1) is 0 Å². The van der Waals surface area contributed by atoms with Gasteiger partial charge in [-0.05, 0) is 49.7 Å². The van der Waals surface area contributed by atoms with Crippen LogP contribution in [0.5, 0.6) is 11.5 Å². The molecule has 35 heavy (non-hydrogen) atoms. The van der Waals surface area contributed by atoms with Crippen molar-refractivity contribution in [2.24, 2.45) is 0 Å². The van der Waals surface area contributed by atoms with Gasteiger partial charge in [0, 0.05) is 17.2 Å². The predicted molar refractivity (Wildman–Crippen MR) is 136 cm³/mol. The number of fused-ring (bicyclic) bond motifs is 1. The first-order valence-electron chi connectivity index (χ1n) is 10.8. The highest BCUT2D eigenvalue weighted by molar-refractivity contribution is 7.98. The van der Waals surface area contributed by atoms with E-state index in [1.54, 1.807) is 18.2 Å². The van der Waals surface area contributed by atoms with Gasteiger partial charge in [-0.1, -0.05) is 37.3 Å². The zero-order chi connectivity index (χ0) is 25.7. The summed E-state index contributed by atoms with van der Waals surface area (Å²) in [5, 5.41) is 0. The van der Waals surface area contributed by atoms with Gasteiger partial charge in [0.1, 0.15) is 22.7 Å². The van der Waals surface area contributed by atoms with Crippen molar-refractivity contribution >= 4 is 22.9 Å². The number of nitrogens with zero attached hydrogens (tertiary/aromatic N) is 2. The molecule has 0 aliphatic heterocycles. The van der Waals surface area contributed by atoms with Crippen LogP contribution in [0.4, 0.5) is 13.2 Å². The average molecular weight is 501 g/mol. The third kappa shape index (κ3) is 8.98. The maximum atomic E-state index is 12.8. The largest absolute Gasteiger partial charge is 0.457 e. The number of rotatable bonds is 6. The second-order valence-electron chi connectivity index (χ2n) is 6.79. The van der Waals surface area contributed by atoms with Gasteiger partial charge in [-0.15, -0.1) is 24.9 Å². The Balaban J connectivity index is 0.000000551. The highest BCUT2D eigenvalue weighted by Crippen LogP contribution is 2.32. The van der Waals surface area contributed by atoms with E-state index < -0.39 is 11.9 Å². The Labute approximate surface area is 207 Å². The minimum Gasteiger partial charge on any atom is -0.457 e. The van der Waals surface area contributed by atoms with Crippen LogP contribution < -0.4 is 4.74 Å². The molecular formula is C27H27F3N2O2S.